The highest BCUT2D eigenvalue weighted by Gasteiger charge is 2.27. The normalized spacial score (nSPS) is 12.1. The number of rotatable bonds is 9. The minimum absolute atomic E-state index is 0.0738. The van der Waals surface area contributed by atoms with Gasteiger partial charge in [0, 0.05) is 12.1 Å². The van der Waals surface area contributed by atoms with Crippen LogP contribution in [0.4, 0.5) is 5.69 Å². The first-order chi connectivity index (χ1) is 15.7. The first-order valence-electron chi connectivity index (χ1n) is 10.1. The SMILES string of the molecule is COc1cc(NC(=O)[C@@H](Cc2ccccc2)NS(=O)(=O)c2ccc(C)cc2)c(OC)cc1Cl. The van der Waals surface area contributed by atoms with Crippen LogP contribution >= 0.6 is 11.6 Å². The van der Waals surface area contributed by atoms with Gasteiger partial charge >= 0.3 is 0 Å². The predicted molar refractivity (Wildman–Crippen MR) is 129 cm³/mol. The number of benzene rings is 3. The van der Waals surface area contributed by atoms with Crippen molar-refractivity contribution in [1.29, 1.82) is 0 Å². The first-order valence-corrected chi connectivity index (χ1v) is 11.9. The Morgan fingerprint density at radius 1 is 0.970 bits per heavy atom. The predicted octanol–water partition coefficient (Wildman–Crippen LogP) is 4.19. The lowest BCUT2D eigenvalue weighted by Gasteiger charge is -2.20. The largest absolute Gasteiger partial charge is 0.495 e. The summed E-state index contributed by atoms with van der Waals surface area (Å²) >= 11 is 6.14. The van der Waals surface area contributed by atoms with Crippen LogP contribution in [0.15, 0.2) is 71.6 Å². The van der Waals surface area contributed by atoms with Crippen molar-refractivity contribution in [1.82, 2.24) is 4.72 Å². The van der Waals surface area contributed by atoms with Gasteiger partial charge in [0.15, 0.2) is 0 Å². The van der Waals surface area contributed by atoms with Crippen LogP contribution in [-0.2, 0) is 21.2 Å². The molecule has 3 aromatic rings. The van der Waals surface area contributed by atoms with E-state index in [0.29, 0.717) is 22.2 Å². The Kier molecular flexibility index (Phi) is 7.97. The van der Waals surface area contributed by atoms with E-state index in [0.717, 1.165) is 11.1 Å². The van der Waals surface area contributed by atoms with Crippen LogP contribution in [-0.4, -0.2) is 34.6 Å². The van der Waals surface area contributed by atoms with Gasteiger partial charge in [0.25, 0.3) is 0 Å². The van der Waals surface area contributed by atoms with Gasteiger partial charge in [0.05, 0.1) is 29.8 Å². The van der Waals surface area contributed by atoms with Crippen LogP contribution in [0, 0.1) is 6.92 Å². The van der Waals surface area contributed by atoms with Crippen LogP contribution in [0.5, 0.6) is 11.5 Å². The molecule has 9 heteroatoms. The highest BCUT2D eigenvalue weighted by molar-refractivity contribution is 7.89. The van der Waals surface area contributed by atoms with Gasteiger partial charge < -0.3 is 14.8 Å². The summed E-state index contributed by atoms with van der Waals surface area (Å²) < 4.78 is 39.1. The molecule has 174 valence electrons. The van der Waals surface area contributed by atoms with Crippen molar-refractivity contribution in [3.63, 3.8) is 0 Å². The summed E-state index contributed by atoms with van der Waals surface area (Å²) in [5, 5.41) is 3.05. The lowest BCUT2D eigenvalue weighted by Crippen LogP contribution is -2.45. The number of aryl methyl sites for hydroxylation is 1. The molecule has 0 heterocycles. The third-order valence-corrected chi connectivity index (χ3v) is 6.74. The lowest BCUT2D eigenvalue weighted by molar-refractivity contribution is -0.117. The zero-order chi connectivity index (χ0) is 24.0. The Morgan fingerprint density at radius 3 is 2.21 bits per heavy atom. The molecule has 1 atom stereocenters. The van der Waals surface area contributed by atoms with E-state index in [9.17, 15) is 13.2 Å². The molecule has 7 nitrogen and oxygen atoms in total. The van der Waals surface area contributed by atoms with E-state index < -0.39 is 22.0 Å². The maximum Gasteiger partial charge on any atom is 0.243 e. The van der Waals surface area contributed by atoms with Crippen molar-refractivity contribution in [2.45, 2.75) is 24.3 Å². The van der Waals surface area contributed by atoms with Crippen molar-refractivity contribution in [3.8, 4) is 11.5 Å². The third kappa shape index (κ3) is 6.25. The molecule has 3 rings (SSSR count). The van der Waals surface area contributed by atoms with Gasteiger partial charge in [-0.05, 0) is 31.0 Å². The fourth-order valence-corrected chi connectivity index (χ4v) is 4.61. The summed E-state index contributed by atoms with van der Waals surface area (Å²) in [7, 11) is -1.07. The Labute approximate surface area is 198 Å². The number of halogens is 1. The van der Waals surface area contributed by atoms with E-state index >= 15 is 0 Å². The Bertz CT molecular complexity index is 1220. The molecule has 0 aromatic heterocycles. The summed E-state index contributed by atoms with van der Waals surface area (Å²) in [6, 6.07) is 17.5. The second kappa shape index (κ2) is 10.7. The molecule has 1 amide bonds. The maximum atomic E-state index is 13.3. The van der Waals surface area contributed by atoms with Crippen molar-refractivity contribution in [3.05, 3.63) is 82.9 Å². The highest BCUT2D eigenvalue weighted by Crippen LogP contribution is 2.36. The molecule has 0 radical (unpaired) electrons. The molecule has 0 spiro atoms. The molecule has 33 heavy (non-hydrogen) atoms. The summed E-state index contributed by atoms with van der Waals surface area (Å²) in [5.41, 5.74) is 2.03. The number of ether oxygens (including phenoxy) is 2. The van der Waals surface area contributed by atoms with Gasteiger partial charge in [-0.1, -0.05) is 59.6 Å². The molecular formula is C24H25ClN2O5S. The van der Waals surface area contributed by atoms with Crippen LogP contribution in [0.3, 0.4) is 0 Å². The molecule has 0 unspecified atom stereocenters. The fraction of sp³-hybridized carbons (Fsp3) is 0.208. The molecular weight excluding hydrogens is 464 g/mol. The standard InChI is InChI=1S/C24H25ClN2O5S/c1-16-9-11-18(12-10-16)33(29,30)27-21(13-17-7-5-4-6-8-17)24(28)26-20-15-22(31-2)19(25)14-23(20)32-3/h4-12,14-15,21,27H,13H2,1-3H3,(H,26,28)/t21-/m1/s1. The van der Waals surface area contributed by atoms with Crippen LogP contribution in [0.2, 0.25) is 5.02 Å². The Hall–Kier alpha value is -3.07. The van der Waals surface area contributed by atoms with E-state index in [4.69, 9.17) is 21.1 Å². The monoisotopic (exact) mass is 488 g/mol. The molecule has 0 bridgehead atoms. The number of carbonyl (C=O) groups excluding carboxylic acids is 1. The van der Waals surface area contributed by atoms with E-state index in [1.165, 1.54) is 38.5 Å². The van der Waals surface area contributed by atoms with E-state index in [1.54, 1.807) is 12.1 Å². The van der Waals surface area contributed by atoms with Crippen molar-refractivity contribution < 1.29 is 22.7 Å². The van der Waals surface area contributed by atoms with Gasteiger partial charge in [0.2, 0.25) is 15.9 Å². The van der Waals surface area contributed by atoms with Crippen molar-refractivity contribution in [2.75, 3.05) is 19.5 Å². The quantitative estimate of drug-likeness (QED) is 0.471. The summed E-state index contributed by atoms with van der Waals surface area (Å²) in [4.78, 5) is 13.3. The van der Waals surface area contributed by atoms with Gasteiger partial charge in [0.1, 0.15) is 17.5 Å². The van der Waals surface area contributed by atoms with Gasteiger partial charge in [-0.2, -0.15) is 4.72 Å². The van der Waals surface area contributed by atoms with Gasteiger partial charge in [-0.3, -0.25) is 4.79 Å². The minimum atomic E-state index is -3.96. The van der Waals surface area contributed by atoms with Crippen LogP contribution in [0.25, 0.3) is 0 Å². The summed E-state index contributed by atoms with van der Waals surface area (Å²) in [6.07, 6.45) is 0.144. The van der Waals surface area contributed by atoms with Crippen LogP contribution < -0.4 is 19.5 Å². The number of sulfonamides is 1. The Balaban J connectivity index is 1.92. The van der Waals surface area contributed by atoms with E-state index in [1.807, 2.05) is 37.3 Å². The zero-order valence-electron chi connectivity index (χ0n) is 18.5. The summed E-state index contributed by atoms with van der Waals surface area (Å²) in [5.74, 6) is 0.0961. The molecule has 3 aromatic carbocycles. The molecule has 0 aliphatic carbocycles. The number of nitrogens with one attached hydrogen (secondary N) is 2. The number of methoxy groups -OCH3 is 2. The van der Waals surface area contributed by atoms with Gasteiger partial charge in [-0.25, -0.2) is 8.42 Å². The number of hydrogen-bond acceptors (Lipinski definition) is 5. The number of amides is 1. The maximum absolute atomic E-state index is 13.3. The third-order valence-electron chi connectivity index (χ3n) is 4.96. The smallest absolute Gasteiger partial charge is 0.243 e. The lowest BCUT2D eigenvalue weighted by atomic mass is 10.1. The van der Waals surface area contributed by atoms with Crippen molar-refractivity contribution in [2.24, 2.45) is 0 Å². The number of anilines is 1. The molecule has 0 saturated carbocycles. The first kappa shape index (κ1) is 24.6. The van der Waals surface area contributed by atoms with Crippen LogP contribution in [0.1, 0.15) is 11.1 Å². The van der Waals surface area contributed by atoms with Crippen molar-refractivity contribution >= 4 is 33.2 Å². The molecule has 0 aliphatic rings. The molecule has 0 aliphatic heterocycles. The van der Waals surface area contributed by atoms with E-state index in [2.05, 4.69) is 10.0 Å². The second-order valence-corrected chi connectivity index (χ2v) is 9.47. The molecule has 0 fully saturated rings. The zero-order valence-corrected chi connectivity index (χ0v) is 20.0. The molecule has 0 saturated heterocycles. The van der Waals surface area contributed by atoms with Gasteiger partial charge in [-0.15, -0.1) is 0 Å². The molecule has 2 N–H and O–H groups in total. The summed E-state index contributed by atoms with van der Waals surface area (Å²) in [6.45, 7) is 1.86. The number of carbonyl (C=O) groups is 1. The second-order valence-electron chi connectivity index (χ2n) is 7.35. The average Bonchev–Trinajstić information content (AvgIpc) is 2.80. The number of hydrogen-bond donors (Lipinski definition) is 2. The Morgan fingerprint density at radius 2 is 1.61 bits per heavy atom. The topological polar surface area (TPSA) is 93.7 Å². The minimum Gasteiger partial charge on any atom is -0.495 e. The van der Waals surface area contributed by atoms with E-state index in [-0.39, 0.29) is 11.3 Å². The average molecular weight is 489 g/mol. The highest BCUT2D eigenvalue weighted by atomic mass is 35.5. The fourth-order valence-electron chi connectivity index (χ4n) is 3.19.